The maximum Gasteiger partial charge on any atom is 0.213 e. The van der Waals surface area contributed by atoms with Crippen LogP contribution in [0, 0.1) is 6.92 Å². The van der Waals surface area contributed by atoms with Gasteiger partial charge in [-0.1, -0.05) is 17.7 Å². The van der Waals surface area contributed by atoms with Gasteiger partial charge in [-0.25, -0.2) is 0 Å². The average molecular weight is 194 g/mol. The Morgan fingerprint density at radius 3 is 2.54 bits per heavy atom. The number of aryl methyl sites for hydroxylation is 1. The second-order valence-corrected chi connectivity index (χ2v) is 2.99. The van der Waals surface area contributed by atoms with Crippen molar-refractivity contribution < 1.29 is 4.79 Å². The molecule has 0 bridgehead atoms. The van der Waals surface area contributed by atoms with Crippen LogP contribution in [0.3, 0.4) is 0 Å². The van der Waals surface area contributed by atoms with Crippen LogP contribution in [-0.2, 0) is 4.79 Å². The number of hydrogen-bond acceptors (Lipinski definition) is 2. The predicted octanol–water partition coefficient (Wildman–Crippen LogP) is 1.44. The van der Waals surface area contributed by atoms with Gasteiger partial charge in [-0.2, -0.15) is 0 Å². The standard InChI is InChI=1S/C9H10N2OS/c1-7-2-4-8(5-3-7)11-9(13)10-6-12/h2-6H,1H3,(H2,10,11,12,13). The molecule has 0 spiro atoms. The van der Waals surface area contributed by atoms with E-state index in [4.69, 9.17) is 12.2 Å². The van der Waals surface area contributed by atoms with Gasteiger partial charge in [0.15, 0.2) is 5.11 Å². The Hall–Kier alpha value is -1.42. The number of carbonyl (C=O) groups excluding carboxylic acids is 1. The molecule has 0 atom stereocenters. The molecule has 0 fully saturated rings. The molecule has 1 aromatic carbocycles. The Morgan fingerprint density at radius 2 is 2.00 bits per heavy atom. The molecule has 4 heteroatoms. The second-order valence-electron chi connectivity index (χ2n) is 2.58. The minimum absolute atomic E-state index is 0.304. The lowest BCUT2D eigenvalue weighted by atomic mass is 10.2. The molecule has 1 aromatic rings. The van der Waals surface area contributed by atoms with Crippen molar-refractivity contribution in [2.45, 2.75) is 6.92 Å². The molecule has 3 nitrogen and oxygen atoms in total. The SMILES string of the molecule is Cc1ccc(NC(=S)NC=O)cc1. The molecule has 1 amide bonds. The molecule has 0 aromatic heterocycles. The molecule has 0 heterocycles. The van der Waals surface area contributed by atoms with Gasteiger partial charge < -0.3 is 10.6 Å². The molecule has 1 rings (SSSR count). The van der Waals surface area contributed by atoms with Crippen LogP contribution in [0.15, 0.2) is 24.3 Å². The third kappa shape index (κ3) is 3.21. The van der Waals surface area contributed by atoms with Crippen LogP contribution in [0.2, 0.25) is 0 Å². The smallest absolute Gasteiger partial charge is 0.213 e. The lowest BCUT2D eigenvalue weighted by molar-refractivity contribution is -0.108. The zero-order chi connectivity index (χ0) is 9.68. The van der Waals surface area contributed by atoms with Gasteiger partial charge in [0.05, 0.1) is 0 Å². The summed E-state index contributed by atoms with van der Waals surface area (Å²) >= 11 is 4.81. The number of carbonyl (C=O) groups is 1. The third-order valence-corrected chi connectivity index (χ3v) is 1.72. The highest BCUT2D eigenvalue weighted by atomic mass is 32.1. The Balaban J connectivity index is 2.59. The Labute approximate surface area is 82.1 Å². The average Bonchev–Trinajstić information content (AvgIpc) is 2.09. The molecule has 2 N–H and O–H groups in total. The van der Waals surface area contributed by atoms with Crippen molar-refractivity contribution in [1.29, 1.82) is 0 Å². The van der Waals surface area contributed by atoms with Crippen molar-refractivity contribution in [3.05, 3.63) is 29.8 Å². The van der Waals surface area contributed by atoms with Crippen LogP contribution in [0.4, 0.5) is 5.69 Å². The number of rotatable bonds is 2. The monoisotopic (exact) mass is 194 g/mol. The summed E-state index contributed by atoms with van der Waals surface area (Å²) in [6.07, 6.45) is 0.545. The van der Waals surface area contributed by atoms with Gasteiger partial charge in [0.25, 0.3) is 0 Å². The highest BCUT2D eigenvalue weighted by molar-refractivity contribution is 7.80. The van der Waals surface area contributed by atoms with Crippen LogP contribution in [0.1, 0.15) is 5.56 Å². The number of anilines is 1. The summed E-state index contributed by atoms with van der Waals surface area (Å²) in [4.78, 5) is 10.0. The highest BCUT2D eigenvalue weighted by Crippen LogP contribution is 2.07. The van der Waals surface area contributed by atoms with Crippen LogP contribution < -0.4 is 10.6 Å². The van der Waals surface area contributed by atoms with Crippen molar-refractivity contribution in [3.63, 3.8) is 0 Å². The van der Waals surface area contributed by atoms with Crippen molar-refractivity contribution in [3.8, 4) is 0 Å². The Morgan fingerprint density at radius 1 is 1.38 bits per heavy atom. The first kappa shape index (κ1) is 9.67. The van der Waals surface area contributed by atoms with Crippen molar-refractivity contribution in [2.24, 2.45) is 0 Å². The molecule has 0 aliphatic heterocycles. The minimum Gasteiger partial charge on any atom is -0.332 e. The number of thiocarbonyl (C=S) groups is 1. The fourth-order valence-corrected chi connectivity index (χ4v) is 1.02. The molecule has 0 aliphatic carbocycles. The number of amides is 1. The predicted molar refractivity (Wildman–Crippen MR) is 56.6 cm³/mol. The van der Waals surface area contributed by atoms with E-state index in [1.165, 1.54) is 5.56 Å². The van der Waals surface area contributed by atoms with E-state index in [1.54, 1.807) is 0 Å². The maximum atomic E-state index is 10.0. The summed E-state index contributed by atoms with van der Waals surface area (Å²) in [6.45, 7) is 2.01. The van der Waals surface area contributed by atoms with Gasteiger partial charge in [0.2, 0.25) is 6.41 Å². The maximum absolute atomic E-state index is 10.0. The molecule has 0 aliphatic rings. The summed E-state index contributed by atoms with van der Waals surface area (Å²) in [6, 6.07) is 7.72. The van der Waals surface area contributed by atoms with E-state index in [0.29, 0.717) is 11.5 Å². The van der Waals surface area contributed by atoms with Crippen LogP contribution in [-0.4, -0.2) is 11.5 Å². The number of benzene rings is 1. The van der Waals surface area contributed by atoms with Crippen LogP contribution in [0.25, 0.3) is 0 Å². The molecule has 0 unspecified atom stereocenters. The fourth-order valence-electron chi connectivity index (χ4n) is 0.858. The van der Waals surface area contributed by atoms with Gasteiger partial charge in [-0.05, 0) is 31.3 Å². The highest BCUT2D eigenvalue weighted by Gasteiger charge is 1.94. The normalized spacial score (nSPS) is 9.00. The number of nitrogens with one attached hydrogen (secondary N) is 2. The molecule has 0 saturated heterocycles. The van der Waals surface area contributed by atoms with Crippen LogP contribution >= 0.6 is 12.2 Å². The van der Waals surface area contributed by atoms with E-state index in [-0.39, 0.29) is 0 Å². The van der Waals surface area contributed by atoms with Crippen molar-refractivity contribution >= 4 is 29.4 Å². The summed E-state index contributed by atoms with van der Waals surface area (Å²) in [5, 5.41) is 5.51. The van der Waals surface area contributed by atoms with E-state index >= 15 is 0 Å². The van der Waals surface area contributed by atoms with Gasteiger partial charge in [0.1, 0.15) is 0 Å². The summed E-state index contributed by atoms with van der Waals surface area (Å²) in [7, 11) is 0. The molecule has 0 radical (unpaired) electrons. The molecule has 0 saturated carbocycles. The first-order chi connectivity index (χ1) is 6.22. The lowest BCUT2D eigenvalue weighted by Gasteiger charge is -2.05. The van der Waals surface area contributed by atoms with E-state index in [9.17, 15) is 4.79 Å². The molecule has 13 heavy (non-hydrogen) atoms. The van der Waals surface area contributed by atoms with Gasteiger partial charge in [-0.15, -0.1) is 0 Å². The molecule has 68 valence electrons. The van der Waals surface area contributed by atoms with E-state index in [1.807, 2.05) is 31.2 Å². The summed E-state index contributed by atoms with van der Waals surface area (Å²) in [5.74, 6) is 0. The van der Waals surface area contributed by atoms with E-state index in [0.717, 1.165) is 5.69 Å². The second kappa shape index (κ2) is 4.57. The lowest BCUT2D eigenvalue weighted by Crippen LogP contribution is -2.26. The largest absolute Gasteiger partial charge is 0.332 e. The van der Waals surface area contributed by atoms with Gasteiger partial charge in [-0.3, -0.25) is 4.79 Å². The van der Waals surface area contributed by atoms with Crippen molar-refractivity contribution in [1.82, 2.24) is 5.32 Å². The van der Waals surface area contributed by atoms with Crippen LogP contribution in [0.5, 0.6) is 0 Å². The van der Waals surface area contributed by atoms with Crippen molar-refractivity contribution in [2.75, 3.05) is 5.32 Å². The zero-order valence-electron chi connectivity index (χ0n) is 7.20. The molecular weight excluding hydrogens is 184 g/mol. The fraction of sp³-hybridized carbons (Fsp3) is 0.111. The van der Waals surface area contributed by atoms with E-state index < -0.39 is 0 Å². The topological polar surface area (TPSA) is 41.1 Å². The first-order valence-electron chi connectivity index (χ1n) is 3.80. The first-order valence-corrected chi connectivity index (χ1v) is 4.21. The minimum atomic E-state index is 0.304. The Bertz CT molecular complexity index is 308. The molecular formula is C9H10N2OS. The van der Waals surface area contributed by atoms with E-state index in [2.05, 4.69) is 10.6 Å². The zero-order valence-corrected chi connectivity index (χ0v) is 8.02. The van der Waals surface area contributed by atoms with Gasteiger partial charge >= 0.3 is 0 Å². The summed E-state index contributed by atoms with van der Waals surface area (Å²) in [5.41, 5.74) is 2.05. The van der Waals surface area contributed by atoms with Gasteiger partial charge in [0, 0.05) is 5.69 Å². The Kier molecular flexibility index (Phi) is 3.40. The number of hydrogen-bond donors (Lipinski definition) is 2. The summed E-state index contributed by atoms with van der Waals surface area (Å²) < 4.78 is 0. The third-order valence-electron chi connectivity index (χ3n) is 1.50. The quantitative estimate of drug-likeness (QED) is 0.553.